The summed E-state index contributed by atoms with van der Waals surface area (Å²) in [5.74, 6) is 1.78. The third-order valence-corrected chi connectivity index (χ3v) is 4.74. The summed E-state index contributed by atoms with van der Waals surface area (Å²) >= 11 is 0. The number of aromatic hydroxyl groups is 1. The zero-order valence-electron chi connectivity index (χ0n) is 15.0. The molecule has 1 aliphatic rings. The van der Waals surface area contributed by atoms with Crippen LogP contribution in [0, 0.1) is 0 Å². The van der Waals surface area contributed by atoms with Crippen molar-refractivity contribution < 1.29 is 24.2 Å². The van der Waals surface area contributed by atoms with Gasteiger partial charge in [-0.1, -0.05) is 31.6 Å². The molecule has 0 radical (unpaired) electrons. The fourth-order valence-electron chi connectivity index (χ4n) is 2.81. The smallest absolute Gasteiger partial charge is 0.329 e. The lowest BCUT2D eigenvalue weighted by atomic mass is 10.0. The van der Waals surface area contributed by atoms with Gasteiger partial charge in [0.15, 0.2) is 0 Å². The molecule has 0 atom stereocenters. The average molecular weight is 364 g/mol. The van der Waals surface area contributed by atoms with Gasteiger partial charge in [0.05, 0.1) is 6.16 Å². The maximum atomic E-state index is 11.3. The molecule has 0 fully saturated rings. The molecule has 0 bridgehead atoms. The fourth-order valence-corrected chi connectivity index (χ4v) is 3.47. The molecule has 0 aliphatic heterocycles. The zero-order valence-corrected chi connectivity index (χ0v) is 15.9. The van der Waals surface area contributed by atoms with Crippen LogP contribution in [0.5, 0.6) is 11.5 Å². The van der Waals surface area contributed by atoms with Gasteiger partial charge in [-0.05, 0) is 49.1 Å². The largest absolute Gasteiger partial charge is 0.508 e. The van der Waals surface area contributed by atoms with Gasteiger partial charge in [0.2, 0.25) is 0 Å². The Labute approximate surface area is 148 Å². The van der Waals surface area contributed by atoms with E-state index < -0.39 is 7.60 Å². The SMILES string of the molecule is CC1=CC(CP(=O)(O)O)=CC(C)=C(Oc2ccc(O)c(C(C)C)c2)C1. The van der Waals surface area contributed by atoms with Crippen molar-refractivity contribution in [2.45, 2.75) is 40.0 Å². The van der Waals surface area contributed by atoms with Crippen LogP contribution >= 0.6 is 7.60 Å². The highest BCUT2D eigenvalue weighted by molar-refractivity contribution is 7.52. The van der Waals surface area contributed by atoms with Gasteiger partial charge < -0.3 is 19.6 Å². The zero-order chi connectivity index (χ0) is 18.8. The number of phenolic OH excluding ortho intramolecular Hbond substituents is 1. The van der Waals surface area contributed by atoms with Crippen LogP contribution in [-0.2, 0) is 4.57 Å². The van der Waals surface area contributed by atoms with Gasteiger partial charge in [-0.3, -0.25) is 4.57 Å². The highest BCUT2D eigenvalue weighted by atomic mass is 31.2. The molecule has 3 N–H and O–H groups in total. The van der Waals surface area contributed by atoms with Crippen molar-refractivity contribution in [1.82, 2.24) is 0 Å². The second kappa shape index (κ2) is 7.61. The summed E-state index contributed by atoms with van der Waals surface area (Å²) in [5.41, 5.74) is 3.20. The Bertz CT molecular complexity index is 796. The highest BCUT2D eigenvalue weighted by Gasteiger charge is 2.18. The number of allylic oxidation sites excluding steroid dienone is 5. The molecule has 0 heterocycles. The van der Waals surface area contributed by atoms with E-state index >= 15 is 0 Å². The number of phenols is 1. The number of hydrogen-bond donors (Lipinski definition) is 3. The minimum Gasteiger partial charge on any atom is -0.508 e. The van der Waals surface area contributed by atoms with E-state index in [-0.39, 0.29) is 17.8 Å². The summed E-state index contributed by atoms with van der Waals surface area (Å²) < 4.78 is 17.3. The van der Waals surface area contributed by atoms with Crippen molar-refractivity contribution in [1.29, 1.82) is 0 Å². The van der Waals surface area contributed by atoms with Crippen molar-refractivity contribution in [2.24, 2.45) is 0 Å². The van der Waals surface area contributed by atoms with E-state index in [9.17, 15) is 19.5 Å². The third kappa shape index (κ3) is 5.60. The minimum atomic E-state index is -4.12. The third-order valence-electron chi connectivity index (χ3n) is 3.96. The number of rotatable bonds is 5. The van der Waals surface area contributed by atoms with Crippen LogP contribution in [0.25, 0.3) is 0 Å². The van der Waals surface area contributed by atoms with E-state index in [2.05, 4.69) is 0 Å². The topological polar surface area (TPSA) is 87.0 Å². The standard InChI is InChI=1S/C19H25O5P/c1-12(2)17-10-16(5-6-18(17)20)24-19-8-13(3)7-15(9-14(19)4)11-25(21,22)23/h5-7,9-10,12,20H,8,11H2,1-4H3,(H2,21,22,23). The first-order valence-electron chi connectivity index (χ1n) is 8.18. The molecule has 0 amide bonds. The molecule has 5 nitrogen and oxygen atoms in total. The lowest BCUT2D eigenvalue weighted by Gasteiger charge is -2.15. The Morgan fingerprint density at radius 1 is 1.20 bits per heavy atom. The van der Waals surface area contributed by atoms with Gasteiger partial charge in [-0.25, -0.2) is 0 Å². The lowest BCUT2D eigenvalue weighted by molar-refractivity contribution is 0.376. The van der Waals surface area contributed by atoms with E-state index in [1.165, 1.54) is 0 Å². The molecule has 0 saturated heterocycles. The second-order valence-electron chi connectivity index (χ2n) is 6.79. The highest BCUT2D eigenvalue weighted by Crippen LogP contribution is 2.39. The van der Waals surface area contributed by atoms with Gasteiger partial charge in [0, 0.05) is 12.0 Å². The molecule has 1 aromatic carbocycles. The minimum absolute atomic E-state index is 0.171. The van der Waals surface area contributed by atoms with Gasteiger partial charge in [-0.15, -0.1) is 0 Å². The summed E-state index contributed by atoms with van der Waals surface area (Å²) in [7, 11) is -4.12. The summed E-state index contributed by atoms with van der Waals surface area (Å²) in [6.07, 6.45) is 3.83. The van der Waals surface area contributed by atoms with Gasteiger partial charge in [0.25, 0.3) is 0 Å². The predicted octanol–water partition coefficient (Wildman–Crippen LogP) is 4.62. The fraction of sp³-hybridized carbons (Fsp3) is 0.368. The molecule has 0 aromatic heterocycles. The van der Waals surface area contributed by atoms with E-state index in [4.69, 9.17) is 4.74 Å². The molecule has 6 heteroatoms. The van der Waals surface area contributed by atoms with Gasteiger partial charge in [0.1, 0.15) is 17.3 Å². The Morgan fingerprint density at radius 3 is 2.48 bits per heavy atom. The van der Waals surface area contributed by atoms with E-state index in [0.717, 1.165) is 22.5 Å². The summed E-state index contributed by atoms with van der Waals surface area (Å²) in [5, 5.41) is 9.93. The van der Waals surface area contributed by atoms with Crippen LogP contribution in [-0.4, -0.2) is 21.1 Å². The van der Waals surface area contributed by atoms with Crippen LogP contribution < -0.4 is 4.74 Å². The molecule has 2 rings (SSSR count). The first kappa shape index (κ1) is 19.5. The van der Waals surface area contributed by atoms with Crippen molar-refractivity contribution >= 4 is 7.60 Å². The van der Waals surface area contributed by atoms with Crippen LogP contribution in [0.3, 0.4) is 0 Å². The summed E-state index contributed by atoms with van der Waals surface area (Å²) in [6.45, 7) is 7.77. The monoisotopic (exact) mass is 364 g/mol. The number of hydrogen-bond acceptors (Lipinski definition) is 3. The molecule has 0 saturated carbocycles. The number of benzene rings is 1. The quantitative estimate of drug-likeness (QED) is 0.664. The number of ether oxygens (including phenoxy) is 1. The molecule has 25 heavy (non-hydrogen) atoms. The van der Waals surface area contributed by atoms with E-state index in [1.807, 2.05) is 33.8 Å². The van der Waals surface area contributed by atoms with E-state index in [1.54, 1.807) is 24.3 Å². The average Bonchev–Trinajstić information content (AvgIpc) is 2.57. The lowest BCUT2D eigenvalue weighted by Crippen LogP contribution is -2.00. The molecule has 136 valence electrons. The Kier molecular flexibility index (Phi) is 5.94. The van der Waals surface area contributed by atoms with Crippen LogP contribution in [0.1, 0.15) is 45.6 Å². The molecular weight excluding hydrogens is 339 g/mol. The molecule has 0 unspecified atom stereocenters. The van der Waals surface area contributed by atoms with Crippen molar-refractivity contribution in [2.75, 3.05) is 6.16 Å². The maximum absolute atomic E-state index is 11.3. The van der Waals surface area contributed by atoms with Crippen LogP contribution in [0.15, 0.2) is 52.8 Å². The predicted molar refractivity (Wildman–Crippen MR) is 98.9 cm³/mol. The van der Waals surface area contributed by atoms with Crippen molar-refractivity contribution in [3.8, 4) is 11.5 Å². The molecule has 0 spiro atoms. The molecular formula is C19H25O5P. The van der Waals surface area contributed by atoms with Crippen LogP contribution in [0.2, 0.25) is 0 Å². The van der Waals surface area contributed by atoms with E-state index in [0.29, 0.717) is 17.7 Å². The first-order valence-corrected chi connectivity index (χ1v) is 9.98. The van der Waals surface area contributed by atoms with Crippen molar-refractivity contribution in [3.05, 3.63) is 58.4 Å². The Morgan fingerprint density at radius 2 is 1.88 bits per heavy atom. The van der Waals surface area contributed by atoms with Crippen LogP contribution in [0.4, 0.5) is 0 Å². The summed E-state index contributed by atoms with van der Waals surface area (Å²) in [4.78, 5) is 18.4. The normalized spacial score (nSPS) is 15.8. The Hall–Kier alpha value is -1.81. The first-order chi connectivity index (χ1) is 11.5. The molecule has 1 aromatic rings. The maximum Gasteiger partial charge on any atom is 0.329 e. The van der Waals surface area contributed by atoms with Crippen molar-refractivity contribution in [3.63, 3.8) is 0 Å². The van der Waals surface area contributed by atoms with Gasteiger partial charge >= 0.3 is 7.60 Å². The second-order valence-corrected chi connectivity index (χ2v) is 8.44. The summed E-state index contributed by atoms with van der Waals surface area (Å²) in [6, 6.07) is 5.16. The molecule has 1 aliphatic carbocycles. The van der Waals surface area contributed by atoms with Gasteiger partial charge in [-0.2, -0.15) is 0 Å². The Balaban J connectivity index is 2.33.